The first-order valence-corrected chi connectivity index (χ1v) is 12.0. The van der Waals surface area contributed by atoms with E-state index in [0.29, 0.717) is 13.0 Å². The molecular weight excluding hydrogens is 408 g/mol. The summed E-state index contributed by atoms with van der Waals surface area (Å²) in [4.78, 5) is 14.7. The summed E-state index contributed by atoms with van der Waals surface area (Å²) in [5.41, 5.74) is -1.26. The van der Waals surface area contributed by atoms with E-state index in [4.69, 9.17) is 18.9 Å². The van der Waals surface area contributed by atoms with Crippen LogP contribution in [0.3, 0.4) is 0 Å². The van der Waals surface area contributed by atoms with E-state index in [0.717, 1.165) is 11.1 Å². The molecule has 6 rings (SSSR count). The fourth-order valence-corrected chi connectivity index (χ4v) is 8.27. The summed E-state index contributed by atoms with van der Waals surface area (Å²) in [7, 11) is 0. The maximum atomic E-state index is 14.7. The van der Waals surface area contributed by atoms with Crippen molar-refractivity contribution in [3.05, 3.63) is 23.3 Å². The molecule has 2 heterocycles. The van der Waals surface area contributed by atoms with Gasteiger partial charge in [0.05, 0.1) is 17.6 Å². The van der Waals surface area contributed by atoms with E-state index >= 15 is 0 Å². The first-order valence-electron chi connectivity index (χ1n) is 12.0. The molecule has 6 heteroatoms. The average Bonchev–Trinajstić information content (AvgIpc) is 2.89. The highest BCUT2D eigenvalue weighted by molar-refractivity contribution is 5.96. The predicted octanol–water partition coefficient (Wildman–Crippen LogP) is 3.53. The van der Waals surface area contributed by atoms with Gasteiger partial charge in [-0.1, -0.05) is 32.9 Å². The van der Waals surface area contributed by atoms with Gasteiger partial charge in [0.2, 0.25) is 0 Å². The van der Waals surface area contributed by atoms with Crippen LogP contribution in [0.4, 0.5) is 0 Å². The highest BCUT2D eigenvalue weighted by Gasteiger charge is 2.83. The third-order valence-electron chi connectivity index (χ3n) is 9.62. The zero-order valence-corrected chi connectivity index (χ0v) is 20.4. The minimum Gasteiger partial charge on any atom is -0.389 e. The Balaban J connectivity index is 1.66. The highest BCUT2D eigenvalue weighted by Crippen LogP contribution is 2.75. The van der Waals surface area contributed by atoms with Crippen molar-refractivity contribution in [3.63, 3.8) is 0 Å². The highest BCUT2D eigenvalue weighted by atomic mass is 16.8. The number of fused-ring (bicyclic) bond motifs is 4. The van der Waals surface area contributed by atoms with Crippen molar-refractivity contribution in [1.29, 1.82) is 0 Å². The molecule has 2 spiro atoms. The lowest BCUT2D eigenvalue weighted by atomic mass is 9.58. The smallest absolute Gasteiger partial charge is 0.164 e. The molecule has 32 heavy (non-hydrogen) atoms. The van der Waals surface area contributed by atoms with Crippen molar-refractivity contribution in [2.24, 2.45) is 28.6 Å². The van der Waals surface area contributed by atoms with Gasteiger partial charge in [-0.25, -0.2) is 0 Å². The Morgan fingerprint density at radius 2 is 1.69 bits per heavy atom. The van der Waals surface area contributed by atoms with Gasteiger partial charge in [-0.3, -0.25) is 4.79 Å². The third-order valence-corrected chi connectivity index (χ3v) is 9.62. The van der Waals surface area contributed by atoms with E-state index in [1.54, 1.807) is 0 Å². The van der Waals surface area contributed by atoms with Gasteiger partial charge in [0.25, 0.3) is 0 Å². The van der Waals surface area contributed by atoms with Crippen LogP contribution in [0.25, 0.3) is 0 Å². The number of hydrogen-bond donors (Lipinski definition) is 1. The molecule has 0 unspecified atom stereocenters. The van der Waals surface area contributed by atoms with Gasteiger partial charge in [-0.05, 0) is 58.1 Å². The molecule has 0 radical (unpaired) electrons. The second-order valence-electron chi connectivity index (χ2n) is 12.6. The second-order valence-corrected chi connectivity index (χ2v) is 12.6. The largest absolute Gasteiger partial charge is 0.389 e. The summed E-state index contributed by atoms with van der Waals surface area (Å²) >= 11 is 0. The second kappa shape index (κ2) is 5.60. The number of hydrogen-bond acceptors (Lipinski definition) is 6. The topological polar surface area (TPSA) is 74.2 Å². The van der Waals surface area contributed by atoms with Crippen molar-refractivity contribution in [3.8, 4) is 0 Å². The molecule has 6 aliphatic rings. The molecule has 0 aromatic heterocycles. The van der Waals surface area contributed by atoms with Crippen LogP contribution < -0.4 is 0 Å². The number of ketones is 1. The van der Waals surface area contributed by atoms with Gasteiger partial charge in [0.15, 0.2) is 17.4 Å². The van der Waals surface area contributed by atoms with Crippen LogP contribution >= 0.6 is 0 Å². The van der Waals surface area contributed by atoms with Crippen molar-refractivity contribution < 1.29 is 28.8 Å². The van der Waals surface area contributed by atoms with Gasteiger partial charge in [-0.2, -0.15) is 0 Å². The van der Waals surface area contributed by atoms with Crippen LogP contribution in [-0.2, 0) is 23.7 Å². The van der Waals surface area contributed by atoms with Gasteiger partial charge in [0.1, 0.15) is 17.8 Å². The lowest BCUT2D eigenvalue weighted by molar-refractivity contribution is -0.304. The molecule has 4 fully saturated rings. The Morgan fingerprint density at radius 1 is 1.03 bits per heavy atom. The Hall–Kier alpha value is -1.05. The summed E-state index contributed by atoms with van der Waals surface area (Å²) in [6.45, 7) is 16.3. The maximum absolute atomic E-state index is 14.7. The van der Waals surface area contributed by atoms with E-state index in [1.807, 2.05) is 34.6 Å². The van der Waals surface area contributed by atoms with Crippen molar-refractivity contribution >= 4 is 5.78 Å². The fourth-order valence-electron chi connectivity index (χ4n) is 8.27. The summed E-state index contributed by atoms with van der Waals surface area (Å²) < 4.78 is 26.1. The predicted molar refractivity (Wildman–Crippen MR) is 116 cm³/mol. The normalized spacial score (nSPS) is 53.7. The first-order chi connectivity index (χ1) is 14.6. The minimum absolute atomic E-state index is 0.128. The first kappa shape index (κ1) is 21.5. The summed E-state index contributed by atoms with van der Waals surface area (Å²) in [6.07, 6.45) is 3.83. The zero-order valence-electron chi connectivity index (χ0n) is 20.4. The van der Waals surface area contributed by atoms with Gasteiger partial charge in [-0.15, -0.1) is 0 Å². The molecule has 2 saturated carbocycles. The lowest BCUT2D eigenvalue weighted by Crippen LogP contribution is -2.67. The molecule has 0 aromatic carbocycles. The monoisotopic (exact) mass is 444 g/mol. The molecule has 8 atom stereocenters. The molecule has 6 nitrogen and oxygen atoms in total. The Morgan fingerprint density at radius 3 is 2.38 bits per heavy atom. The van der Waals surface area contributed by atoms with Crippen LogP contribution in [0.5, 0.6) is 0 Å². The maximum Gasteiger partial charge on any atom is 0.164 e. The molecule has 0 aromatic rings. The number of carbonyl (C=O) groups excluding carboxylic acids is 1. The summed E-state index contributed by atoms with van der Waals surface area (Å²) in [6, 6.07) is 0. The van der Waals surface area contributed by atoms with Crippen LogP contribution in [-0.4, -0.2) is 52.5 Å². The number of rotatable bonds is 0. The molecule has 1 N–H and O–H groups in total. The Kier molecular flexibility index (Phi) is 3.76. The summed E-state index contributed by atoms with van der Waals surface area (Å²) in [5.74, 6) is -2.24. The van der Waals surface area contributed by atoms with Crippen molar-refractivity contribution in [2.75, 3.05) is 6.61 Å². The third kappa shape index (κ3) is 2.13. The van der Waals surface area contributed by atoms with Gasteiger partial charge < -0.3 is 24.1 Å². The SMILES string of the molecule is CC1=C[C@]23C(=O)[C@@H](C=C4COC(C)(C)O[C@H]4[C@@]24OC(C)(C)O[C@@H]14)[C@@H]1C(C)(C)[C@]1(O)C[C@H]3C. The number of carbonyl (C=O) groups is 1. The Labute approximate surface area is 190 Å². The number of ether oxygens (including phenoxy) is 4. The fraction of sp³-hybridized carbons (Fsp3) is 0.808. The van der Waals surface area contributed by atoms with E-state index < -0.39 is 46.3 Å². The molecular formula is C26H36O6. The van der Waals surface area contributed by atoms with E-state index in [1.165, 1.54) is 0 Å². The van der Waals surface area contributed by atoms with Crippen molar-refractivity contribution in [2.45, 2.75) is 96.8 Å². The van der Waals surface area contributed by atoms with Gasteiger partial charge >= 0.3 is 0 Å². The summed E-state index contributed by atoms with van der Waals surface area (Å²) in [5, 5.41) is 11.7. The molecule has 4 aliphatic carbocycles. The van der Waals surface area contributed by atoms with Crippen molar-refractivity contribution in [1.82, 2.24) is 0 Å². The number of aliphatic hydroxyl groups is 1. The Bertz CT molecular complexity index is 990. The zero-order chi connectivity index (χ0) is 23.3. The molecule has 2 bridgehead atoms. The average molecular weight is 445 g/mol. The van der Waals surface area contributed by atoms with Crippen LogP contribution in [0.1, 0.15) is 61.8 Å². The molecule has 2 saturated heterocycles. The molecule has 2 aliphatic heterocycles. The number of allylic oxidation sites excluding steroid dienone is 1. The van der Waals surface area contributed by atoms with E-state index in [9.17, 15) is 9.90 Å². The standard InChI is InChI=1S/C26H36O6/c1-13-10-24-14(2)11-25(28)17(21(25,3)4)16(18(24)27)9-15-12-29-22(5,6)31-20(15)26(24)19(13)30-23(7,8)32-26/h9-10,14,16-17,19-20,28H,11-12H2,1-8H3/t14-,16+,17-,19+,20-,24+,25+,26-/m1/s1. The van der Waals surface area contributed by atoms with Gasteiger partial charge in [0, 0.05) is 17.3 Å². The molecule has 0 amide bonds. The quantitative estimate of drug-likeness (QED) is 0.576. The van der Waals surface area contributed by atoms with Crippen LogP contribution in [0.2, 0.25) is 0 Å². The van der Waals surface area contributed by atoms with E-state index in [-0.39, 0.29) is 23.0 Å². The minimum atomic E-state index is -1.03. The van der Waals surface area contributed by atoms with Crippen LogP contribution in [0, 0.1) is 28.6 Å². The van der Waals surface area contributed by atoms with E-state index in [2.05, 4.69) is 32.9 Å². The number of Topliss-reactive ketones (excluding diaryl/α,β-unsaturated/α-hetero) is 1. The lowest BCUT2D eigenvalue weighted by Gasteiger charge is -2.53. The van der Waals surface area contributed by atoms with Crippen LogP contribution in [0.15, 0.2) is 23.3 Å². The molecule has 176 valence electrons.